The minimum absolute atomic E-state index is 0.0260. The lowest BCUT2D eigenvalue weighted by atomic mass is 9.79. The van der Waals surface area contributed by atoms with Crippen LogP contribution in [0, 0.1) is 0 Å². The van der Waals surface area contributed by atoms with E-state index in [2.05, 4.69) is 25.7 Å². The van der Waals surface area contributed by atoms with Gasteiger partial charge in [-0.25, -0.2) is 0 Å². The van der Waals surface area contributed by atoms with Crippen LogP contribution in [0.15, 0.2) is 12.1 Å². The molecule has 0 amide bonds. The van der Waals surface area contributed by atoms with Crippen LogP contribution in [0.3, 0.4) is 0 Å². The van der Waals surface area contributed by atoms with Crippen LogP contribution in [0.5, 0.6) is 5.75 Å². The number of anilines is 1. The van der Waals surface area contributed by atoms with Gasteiger partial charge in [-0.05, 0) is 44.2 Å². The van der Waals surface area contributed by atoms with Crippen LogP contribution >= 0.6 is 0 Å². The van der Waals surface area contributed by atoms with Crippen molar-refractivity contribution in [2.75, 3.05) is 11.4 Å². The zero-order chi connectivity index (χ0) is 16.5. The summed E-state index contributed by atoms with van der Waals surface area (Å²) in [5, 5.41) is 18.8. The zero-order valence-corrected chi connectivity index (χ0v) is 13.3. The Hall–Kier alpha value is -2.04. The largest absolute Gasteiger partial charge is 0.507 e. The van der Waals surface area contributed by atoms with Crippen LogP contribution in [0.1, 0.15) is 61.9 Å². The van der Waals surface area contributed by atoms with Gasteiger partial charge in [0.05, 0.1) is 5.56 Å². The van der Waals surface area contributed by atoms with Crippen molar-refractivity contribution < 1.29 is 19.8 Å². The summed E-state index contributed by atoms with van der Waals surface area (Å²) in [7, 11) is 0. The summed E-state index contributed by atoms with van der Waals surface area (Å²) in [5.41, 5.74) is 2.11. The molecule has 1 aliphatic heterocycles. The number of phenols is 1. The van der Waals surface area contributed by atoms with Gasteiger partial charge in [0, 0.05) is 30.3 Å². The summed E-state index contributed by atoms with van der Waals surface area (Å²) in [6.45, 7) is 6.97. The van der Waals surface area contributed by atoms with Gasteiger partial charge in [0.25, 0.3) is 0 Å². The minimum Gasteiger partial charge on any atom is -0.507 e. The van der Waals surface area contributed by atoms with Crippen molar-refractivity contribution in [1.82, 2.24) is 0 Å². The lowest BCUT2D eigenvalue weighted by molar-refractivity contribution is -0.137. The second-order valence-electron chi connectivity index (χ2n) is 6.65. The Bertz CT molecular complexity index is 595. The highest BCUT2D eigenvalue weighted by Gasteiger charge is 2.36. The maximum Gasteiger partial charge on any atom is 0.303 e. The van der Waals surface area contributed by atoms with Gasteiger partial charge in [0.1, 0.15) is 5.75 Å². The van der Waals surface area contributed by atoms with E-state index in [4.69, 9.17) is 5.11 Å². The second-order valence-corrected chi connectivity index (χ2v) is 6.65. The van der Waals surface area contributed by atoms with Crippen LogP contribution in [0.25, 0.3) is 0 Å². The molecule has 0 spiro atoms. The third-order valence-electron chi connectivity index (χ3n) is 4.43. The average molecular weight is 305 g/mol. The fraction of sp³-hybridized carbons (Fsp3) is 0.529. The number of hydrogen-bond acceptors (Lipinski definition) is 4. The monoisotopic (exact) mass is 305 g/mol. The number of aldehydes is 1. The van der Waals surface area contributed by atoms with E-state index in [0.717, 1.165) is 17.7 Å². The number of hydrogen-bond donors (Lipinski definition) is 2. The number of phenolic OH excluding ortho intramolecular Hbond substituents is 1. The predicted molar refractivity (Wildman–Crippen MR) is 84.8 cm³/mol. The molecule has 1 atom stereocenters. The smallest absolute Gasteiger partial charge is 0.303 e. The molecule has 0 saturated carbocycles. The third kappa shape index (κ3) is 3.08. The summed E-state index contributed by atoms with van der Waals surface area (Å²) in [6, 6.07) is 3.39. The number of carbonyl (C=O) groups excluding carboxylic acids is 1. The average Bonchev–Trinajstić information content (AvgIpc) is 2.41. The molecule has 1 unspecified atom stereocenters. The van der Waals surface area contributed by atoms with E-state index in [1.165, 1.54) is 0 Å². The first kappa shape index (κ1) is 16.3. The summed E-state index contributed by atoms with van der Waals surface area (Å²) >= 11 is 0. The van der Waals surface area contributed by atoms with Gasteiger partial charge in [-0.15, -0.1) is 0 Å². The second kappa shape index (κ2) is 5.99. The van der Waals surface area contributed by atoms with Gasteiger partial charge in [0.15, 0.2) is 6.29 Å². The number of rotatable bonds is 5. The number of benzene rings is 1. The Morgan fingerprint density at radius 2 is 2.14 bits per heavy atom. The summed E-state index contributed by atoms with van der Waals surface area (Å²) in [5.74, 6) is -0.551. The minimum atomic E-state index is -0.803. The van der Waals surface area contributed by atoms with Gasteiger partial charge >= 0.3 is 5.97 Å². The Labute approximate surface area is 130 Å². The van der Waals surface area contributed by atoms with Gasteiger partial charge in [-0.3, -0.25) is 9.59 Å². The van der Waals surface area contributed by atoms with E-state index in [-0.39, 0.29) is 23.6 Å². The number of aromatic hydroxyl groups is 1. The molecule has 5 nitrogen and oxygen atoms in total. The molecule has 0 aromatic heterocycles. The molecule has 0 aliphatic carbocycles. The summed E-state index contributed by atoms with van der Waals surface area (Å²) in [6.07, 6.45) is 2.24. The topological polar surface area (TPSA) is 77.8 Å². The quantitative estimate of drug-likeness (QED) is 0.817. The first-order valence-electron chi connectivity index (χ1n) is 7.58. The van der Waals surface area contributed by atoms with E-state index in [9.17, 15) is 14.7 Å². The molecule has 0 saturated heterocycles. The van der Waals surface area contributed by atoms with Crippen molar-refractivity contribution in [1.29, 1.82) is 0 Å². The van der Waals surface area contributed by atoms with E-state index in [1.54, 1.807) is 12.1 Å². The molecule has 1 aliphatic rings. The number of nitrogens with zero attached hydrogens (tertiary/aromatic N) is 1. The number of fused-ring (bicyclic) bond motifs is 1. The van der Waals surface area contributed by atoms with Gasteiger partial charge in [0.2, 0.25) is 0 Å². The molecule has 5 heteroatoms. The normalized spacial score (nSPS) is 19.6. The lowest BCUT2D eigenvalue weighted by Gasteiger charge is -2.47. The zero-order valence-electron chi connectivity index (χ0n) is 13.3. The molecule has 0 radical (unpaired) electrons. The molecule has 120 valence electrons. The van der Waals surface area contributed by atoms with E-state index in [0.29, 0.717) is 24.8 Å². The SMILES string of the molecule is CC1CC(C)(C)N(CCCC(=O)O)c2cc(O)c(C=O)cc21. The van der Waals surface area contributed by atoms with Crippen molar-refractivity contribution >= 4 is 17.9 Å². The highest BCUT2D eigenvalue weighted by atomic mass is 16.4. The summed E-state index contributed by atoms with van der Waals surface area (Å²) < 4.78 is 0. The standard InChI is InChI=1S/C17H23NO4/c1-11-9-17(2,3)18(6-4-5-16(21)22)14-8-15(20)12(10-19)7-13(11)14/h7-8,10-11,20H,4-6,9H2,1-3H3,(H,21,22). The molecule has 0 bridgehead atoms. The Morgan fingerprint density at radius 1 is 1.45 bits per heavy atom. The number of aliphatic carboxylic acids is 1. The molecule has 2 N–H and O–H groups in total. The number of carboxylic acid groups (broad SMARTS) is 1. The predicted octanol–water partition coefficient (Wildman–Crippen LogP) is 3.16. The van der Waals surface area contributed by atoms with E-state index >= 15 is 0 Å². The molecule has 0 fully saturated rings. The highest BCUT2D eigenvalue weighted by molar-refractivity contribution is 5.82. The Balaban J connectivity index is 2.40. The fourth-order valence-electron chi connectivity index (χ4n) is 3.44. The van der Waals surface area contributed by atoms with Crippen LogP contribution in [0.4, 0.5) is 5.69 Å². The fourth-order valence-corrected chi connectivity index (χ4v) is 3.44. The van der Waals surface area contributed by atoms with E-state index in [1.807, 2.05) is 0 Å². The summed E-state index contributed by atoms with van der Waals surface area (Å²) in [4.78, 5) is 23.9. The maximum atomic E-state index is 11.0. The molecule has 22 heavy (non-hydrogen) atoms. The third-order valence-corrected chi connectivity index (χ3v) is 4.43. The van der Waals surface area contributed by atoms with Crippen LogP contribution in [-0.4, -0.2) is 34.6 Å². The number of carboxylic acids is 1. The lowest BCUT2D eigenvalue weighted by Crippen LogP contribution is -2.48. The highest BCUT2D eigenvalue weighted by Crippen LogP contribution is 2.45. The molecule has 1 aromatic carbocycles. The maximum absolute atomic E-state index is 11.0. The van der Waals surface area contributed by atoms with Gasteiger partial charge < -0.3 is 15.1 Å². The Morgan fingerprint density at radius 3 is 2.73 bits per heavy atom. The molecular formula is C17H23NO4. The van der Waals surface area contributed by atoms with Crippen molar-refractivity contribution in [3.63, 3.8) is 0 Å². The first-order chi connectivity index (χ1) is 10.3. The number of carbonyl (C=O) groups is 2. The van der Waals surface area contributed by atoms with Crippen LogP contribution < -0.4 is 4.90 Å². The first-order valence-corrected chi connectivity index (χ1v) is 7.58. The van der Waals surface area contributed by atoms with Gasteiger partial charge in [-0.2, -0.15) is 0 Å². The van der Waals surface area contributed by atoms with Crippen molar-refractivity contribution in [2.45, 2.75) is 51.5 Å². The van der Waals surface area contributed by atoms with Gasteiger partial charge in [-0.1, -0.05) is 6.92 Å². The van der Waals surface area contributed by atoms with Crippen LogP contribution in [0.2, 0.25) is 0 Å². The van der Waals surface area contributed by atoms with Crippen molar-refractivity contribution in [3.8, 4) is 5.75 Å². The van der Waals surface area contributed by atoms with Crippen LogP contribution in [-0.2, 0) is 4.79 Å². The van der Waals surface area contributed by atoms with Crippen molar-refractivity contribution in [3.05, 3.63) is 23.3 Å². The molecular weight excluding hydrogens is 282 g/mol. The molecule has 2 rings (SSSR count). The molecule has 1 heterocycles. The van der Waals surface area contributed by atoms with Crippen molar-refractivity contribution in [2.24, 2.45) is 0 Å². The van der Waals surface area contributed by atoms with E-state index < -0.39 is 5.97 Å². The molecule has 1 aromatic rings. The Kier molecular flexibility index (Phi) is 4.44.